The van der Waals surface area contributed by atoms with Crippen molar-refractivity contribution in [3.05, 3.63) is 22.8 Å². The van der Waals surface area contributed by atoms with E-state index in [-0.39, 0.29) is 11.5 Å². The molecule has 20 heavy (non-hydrogen) atoms. The van der Waals surface area contributed by atoms with Gasteiger partial charge in [0.05, 0.1) is 11.4 Å². The first-order valence-corrected chi connectivity index (χ1v) is 7.47. The molecule has 2 heterocycles. The molecule has 2 rings (SSSR count). The van der Waals surface area contributed by atoms with E-state index in [1.54, 1.807) is 7.11 Å². The normalized spacial score (nSPS) is 17.1. The summed E-state index contributed by atoms with van der Waals surface area (Å²) in [4.78, 5) is 9.66. The van der Waals surface area contributed by atoms with E-state index in [0.717, 1.165) is 25.3 Å². The second-order valence-corrected chi connectivity index (χ2v) is 6.96. The highest BCUT2D eigenvalue weighted by molar-refractivity contribution is 5.31. The SMILES string of the molecule is COC(c1nc2c(c(C(C)C)n1)CNCC2)C(C)(C)C. The van der Waals surface area contributed by atoms with Gasteiger partial charge in [0.2, 0.25) is 0 Å². The van der Waals surface area contributed by atoms with Crippen molar-refractivity contribution in [1.29, 1.82) is 0 Å². The Kier molecular flexibility index (Phi) is 4.45. The van der Waals surface area contributed by atoms with Crippen molar-refractivity contribution in [2.24, 2.45) is 5.41 Å². The molecule has 1 aromatic heterocycles. The zero-order valence-electron chi connectivity index (χ0n) is 13.6. The van der Waals surface area contributed by atoms with E-state index in [2.05, 4.69) is 39.9 Å². The average Bonchev–Trinajstić information content (AvgIpc) is 2.36. The van der Waals surface area contributed by atoms with Crippen molar-refractivity contribution in [2.45, 2.75) is 59.6 Å². The number of nitrogens with one attached hydrogen (secondary N) is 1. The zero-order valence-corrected chi connectivity index (χ0v) is 13.6. The molecule has 1 atom stereocenters. The Morgan fingerprint density at radius 2 is 1.90 bits per heavy atom. The van der Waals surface area contributed by atoms with E-state index in [0.29, 0.717) is 5.92 Å². The molecule has 4 heteroatoms. The van der Waals surface area contributed by atoms with Gasteiger partial charge < -0.3 is 10.1 Å². The molecule has 1 aromatic rings. The summed E-state index contributed by atoms with van der Waals surface area (Å²) in [7, 11) is 1.75. The second kappa shape index (κ2) is 5.78. The molecule has 1 N–H and O–H groups in total. The van der Waals surface area contributed by atoms with E-state index >= 15 is 0 Å². The summed E-state index contributed by atoms with van der Waals surface area (Å²) < 4.78 is 5.69. The number of nitrogens with zero attached hydrogens (tertiary/aromatic N) is 2. The largest absolute Gasteiger partial charge is 0.373 e. The molecule has 0 aromatic carbocycles. The van der Waals surface area contributed by atoms with Crippen LogP contribution in [0.1, 0.15) is 69.4 Å². The zero-order chi connectivity index (χ0) is 14.9. The van der Waals surface area contributed by atoms with Crippen LogP contribution in [-0.4, -0.2) is 23.6 Å². The second-order valence-electron chi connectivity index (χ2n) is 6.96. The van der Waals surface area contributed by atoms with Crippen LogP contribution in [-0.2, 0) is 17.7 Å². The molecule has 4 nitrogen and oxygen atoms in total. The van der Waals surface area contributed by atoms with E-state index in [4.69, 9.17) is 14.7 Å². The van der Waals surface area contributed by atoms with Crippen LogP contribution in [0.4, 0.5) is 0 Å². The molecule has 1 aliphatic rings. The maximum Gasteiger partial charge on any atom is 0.158 e. The smallest absolute Gasteiger partial charge is 0.158 e. The summed E-state index contributed by atoms with van der Waals surface area (Å²) >= 11 is 0. The molecular weight excluding hydrogens is 250 g/mol. The first-order valence-electron chi connectivity index (χ1n) is 7.47. The van der Waals surface area contributed by atoms with Gasteiger partial charge in [0.15, 0.2) is 5.82 Å². The summed E-state index contributed by atoms with van der Waals surface area (Å²) in [6, 6.07) is 0. The molecule has 0 spiro atoms. The van der Waals surface area contributed by atoms with Crippen LogP contribution in [0.3, 0.4) is 0 Å². The molecule has 0 bridgehead atoms. The lowest BCUT2D eigenvalue weighted by Crippen LogP contribution is -2.30. The monoisotopic (exact) mass is 277 g/mol. The number of aromatic nitrogens is 2. The van der Waals surface area contributed by atoms with Gasteiger partial charge >= 0.3 is 0 Å². The summed E-state index contributed by atoms with van der Waals surface area (Å²) in [6.07, 6.45) is 0.908. The lowest BCUT2D eigenvalue weighted by atomic mass is 9.87. The predicted octanol–water partition coefficient (Wildman–Crippen LogP) is 2.98. The maximum absolute atomic E-state index is 5.69. The van der Waals surface area contributed by atoms with E-state index in [9.17, 15) is 0 Å². The minimum Gasteiger partial charge on any atom is -0.373 e. The van der Waals surface area contributed by atoms with Crippen molar-refractivity contribution in [3.8, 4) is 0 Å². The molecule has 0 aliphatic carbocycles. The third-order valence-electron chi connectivity index (χ3n) is 3.79. The van der Waals surface area contributed by atoms with E-state index < -0.39 is 0 Å². The summed E-state index contributed by atoms with van der Waals surface area (Å²) in [5, 5.41) is 3.42. The Labute approximate surface area is 122 Å². The molecule has 1 aliphatic heterocycles. The van der Waals surface area contributed by atoms with Gasteiger partial charge in [-0.2, -0.15) is 0 Å². The van der Waals surface area contributed by atoms with Gasteiger partial charge in [-0.05, 0) is 11.3 Å². The number of fused-ring (bicyclic) bond motifs is 1. The van der Waals surface area contributed by atoms with E-state index in [1.807, 2.05) is 0 Å². The van der Waals surface area contributed by atoms with Gasteiger partial charge in [0.25, 0.3) is 0 Å². The number of rotatable bonds is 3. The van der Waals surface area contributed by atoms with Crippen LogP contribution in [0, 0.1) is 5.41 Å². The summed E-state index contributed by atoms with van der Waals surface area (Å²) in [5.41, 5.74) is 3.65. The van der Waals surface area contributed by atoms with Gasteiger partial charge in [-0.1, -0.05) is 34.6 Å². The fourth-order valence-corrected chi connectivity index (χ4v) is 2.83. The van der Waals surface area contributed by atoms with Gasteiger partial charge in [-0.25, -0.2) is 9.97 Å². The maximum atomic E-state index is 5.69. The van der Waals surface area contributed by atoms with Crippen molar-refractivity contribution in [1.82, 2.24) is 15.3 Å². The molecule has 112 valence electrons. The third kappa shape index (κ3) is 3.01. The van der Waals surface area contributed by atoms with Crippen LogP contribution in [0.25, 0.3) is 0 Å². The van der Waals surface area contributed by atoms with Crippen molar-refractivity contribution in [2.75, 3.05) is 13.7 Å². The standard InChI is InChI=1S/C16H27N3O/c1-10(2)13-11-9-17-8-7-12(11)18-15(19-13)14(20-6)16(3,4)5/h10,14,17H,7-9H2,1-6H3. The minimum absolute atomic E-state index is 0.00977. The number of hydrogen-bond donors (Lipinski definition) is 1. The van der Waals surface area contributed by atoms with Crippen LogP contribution in [0.2, 0.25) is 0 Å². The molecule has 0 fully saturated rings. The average molecular weight is 277 g/mol. The molecule has 0 radical (unpaired) electrons. The topological polar surface area (TPSA) is 47.0 Å². The van der Waals surface area contributed by atoms with Crippen LogP contribution in [0.15, 0.2) is 0 Å². The van der Waals surface area contributed by atoms with Gasteiger partial charge in [-0.15, -0.1) is 0 Å². The minimum atomic E-state index is -0.0693. The van der Waals surface area contributed by atoms with Crippen LogP contribution < -0.4 is 5.32 Å². The first-order chi connectivity index (χ1) is 9.34. The fraction of sp³-hybridized carbons (Fsp3) is 0.750. The molecular formula is C16H27N3O. The quantitative estimate of drug-likeness (QED) is 0.922. The van der Waals surface area contributed by atoms with Crippen LogP contribution >= 0.6 is 0 Å². The Morgan fingerprint density at radius 1 is 1.20 bits per heavy atom. The highest BCUT2D eigenvalue weighted by Crippen LogP contribution is 2.35. The lowest BCUT2D eigenvalue weighted by molar-refractivity contribution is 0.00823. The molecule has 1 unspecified atom stereocenters. The number of ether oxygens (including phenoxy) is 1. The van der Waals surface area contributed by atoms with Gasteiger partial charge in [-0.3, -0.25) is 0 Å². The number of hydrogen-bond acceptors (Lipinski definition) is 4. The highest BCUT2D eigenvalue weighted by Gasteiger charge is 2.31. The van der Waals surface area contributed by atoms with Gasteiger partial charge in [0, 0.05) is 32.2 Å². The van der Waals surface area contributed by atoms with Crippen molar-refractivity contribution < 1.29 is 4.74 Å². The third-order valence-corrected chi connectivity index (χ3v) is 3.79. The fourth-order valence-electron chi connectivity index (χ4n) is 2.83. The van der Waals surface area contributed by atoms with Crippen LogP contribution in [0.5, 0.6) is 0 Å². The highest BCUT2D eigenvalue weighted by atomic mass is 16.5. The Bertz CT molecular complexity index is 477. The van der Waals surface area contributed by atoms with Crippen molar-refractivity contribution >= 4 is 0 Å². The number of methoxy groups -OCH3 is 1. The van der Waals surface area contributed by atoms with Crippen molar-refractivity contribution in [3.63, 3.8) is 0 Å². The Morgan fingerprint density at radius 3 is 2.45 bits per heavy atom. The Balaban J connectivity index is 2.52. The summed E-state index contributed by atoms with van der Waals surface area (Å²) in [5.74, 6) is 1.24. The lowest BCUT2D eigenvalue weighted by Gasteiger charge is -2.30. The molecule has 0 amide bonds. The molecule has 0 saturated carbocycles. The van der Waals surface area contributed by atoms with Gasteiger partial charge in [0.1, 0.15) is 6.10 Å². The predicted molar refractivity (Wildman–Crippen MR) is 80.7 cm³/mol. The first kappa shape index (κ1) is 15.4. The van der Waals surface area contributed by atoms with E-state index in [1.165, 1.54) is 17.0 Å². The summed E-state index contributed by atoms with van der Waals surface area (Å²) in [6.45, 7) is 12.8. The molecule has 0 saturated heterocycles. The Hall–Kier alpha value is -1.00.